The van der Waals surface area contributed by atoms with E-state index in [1.165, 1.54) is 0 Å². The fraction of sp³-hybridized carbons (Fsp3) is 0.667. The number of hydrogen-bond acceptors (Lipinski definition) is 3. The molecule has 1 amide bonds. The summed E-state index contributed by atoms with van der Waals surface area (Å²) in [6, 6.07) is -0.329. The van der Waals surface area contributed by atoms with Crippen LogP contribution in [0.25, 0.3) is 0 Å². The van der Waals surface area contributed by atoms with Crippen LogP contribution in [-0.4, -0.2) is 31.5 Å². The summed E-state index contributed by atoms with van der Waals surface area (Å²) in [4.78, 5) is 14.8. The molecule has 1 unspecified atom stereocenters. The van der Waals surface area contributed by atoms with Gasteiger partial charge in [0.1, 0.15) is 6.61 Å². The molecule has 1 N–H and O–H groups in total. The number of amides is 1. The van der Waals surface area contributed by atoms with Gasteiger partial charge in [0, 0.05) is 14.0 Å². The molecule has 0 aliphatic carbocycles. The van der Waals surface area contributed by atoms with Crippen LogP contribution in [0.5, 0.6) is 0 Å². The zero-order valence-corrected chi connectivity index (χ0v) is 6.05. The molecule has 0 saturated heterocycles. The van der Waals surface area contributed by atoms with Crippen molar-refractivity contribution in [1.29, 1.82) is 0 Å². The lowest BCUT2D eigenvalue weighted by Gasteiger charge is -2.00. The number of hydrogen-bond donors (Lipinski definition) is 1. The molecule has 1 heterocycles. The normalized spacial score (nSPS) is 23.4. The second-order valence-corrected chi connectivity index (χ2v) is 2.09. The van der Waals surface area contributed by atoms with Gasteiger partial charge in [0.15, 0.2) is 11.9 Å². The maximum atomic E-state index is 10.9. The van der Waals surface area contributed by atoms with Crippen LogP contribution < -0.4 is 5.32 Å². The lowest BCUT2D eigenvalue weighted by Crippen LogP contribution is -2.31. The maximum absolute atomic E-state index is 10.9. The first-order valence-corrected chi connectivity index (χ1v) is 3.13. The van der Waals surface area contributed by atoms with Crippen molar-refractivity contribution in [2.45, 2.75) is 13.0 Å². The molecule has 4 nitrogen and oxygen atoms in total. The standard InChI is InChI=1S/C6H10N2O2/c1-4-8-5(3-10-4)6(9)7-2/h5H,3H2,1-2H3,(H,7,9). The van der Waals surface area contributed by atoms with Crippen molar-refractivity contribution in [2.24, 2.45) is 4.99 Å². The van der Waals surface area contributed by atoms with E-state index in [0.29, 0.717) is 12.5 Å². The fourth-order valence-corrected chi connectivity index (χ4v) is 0.794. The Bertz CT molecular complexity index is 177. The van der Waals surface area contributed by atoms with E-state index in [-0.39, 0.29) is 11.9 Å². The Morgan fingerprint density at radius 2 is 2.60 bits per heavy atom. The van der Waals surface area contributed by atoms with Crippen molar-refractivity contribution in [1.82, 2.24) is 5.32 Å². The van der Waals surface area contributed by atoms with Crippen LogP contribution in [0.1, 0.15) is 6.92 Å². The van der Waals surface area contributed by atoms with Gasteiger partial charge in [-0.2, -0.15) is 0 Å². The summed E-state index contributed by atoms with van der Waals surface area (Å²) in [6.07, 6.45) is 0. The largest absolute Gasteiger partial charge is 0.478 e. The highest BCUT2D eigenvalue weighted by atomic mass is 16.5. The smallest absolute Gasteiger partial charge is 0.248 e. The number of likely N-dealkylation sites (N-methyl/N-ethyl adjacent to an activating group) is 1. The van der Waals surface area contributed by atoms with Crippen molar-refractivity contribution in [3.05, 3.63) is 0 Å². The van der Waals surface area contributed by atoms with E-state index in [0.717, 1.165) is 0 Å². The molecular formula is C6H10N2O2. The van der Waals surface area contributed by atoms with Gasteiger partial charge in [0.05, 0.1) is 0 Å². The van der Waals surface area contributed by atoms with Crippen molar-refractivity contribution < 1.29 is 9.53 Å². The molecule has 0 spiro atoms. The summed E-state index contributed by atoms with van der Waals surface area (Å²) in [6.45, 7) is 2.12. The number of nitrogens with one attached hydrogen (secondary N) is 1. The van der Waals surface area contributed by atoms with E-state index in [4.69, 9.17) is 4.74 Å². The number of carbonyl (C=O) groups excluding carboxylic acids is 1. The van der Waals surface area contributed by atoms with Crippen LogP contribution in [0, 0.1) is 0 Å². The van der Waals surface area contributed by atoms with Crippen molar-refractivity contribution >= 4 is 11.8 Å². The van der Waals surface area contributed by atoms with Gasteiger partial charge in [0.25, 0.3) is 0 Å². The summed E-state index contributed by atoms with van der Waals surface area (Å²) in [5.74, 6) is 0.505. The Labute approximate surface area is 59.3 Å². The van der Waals surface area contributed by atoms with Gasteiger partial charge in [-0.05, 0) is 0 Å². The first-order valence-electron chi connectivity index (χ1n) is 3.13. The lowest BCUT2D eigenvalue weighted by atomic mass is 10.3. The molecular weight excluding hydrogens is 132 g/mol. The minimum Gasteiger partial charge on any atom is -0.478 e. The maximum Gasteiger partial charge on any atom is 0.248 e. The summed E-state index contributed by atoms with van der Waals surface area (Å²) in [5, 5.41) is 2.50. The molecule has 0 radical (unpaired) electrons. The average molecular weight is 142 g/mol. The lowest BCUT2D eigenvalue weighted by molar-refractivity contribution is -0.122. The molecule has 4 heteroatoms. The van der Waals surface area contributed by atoms with Crippen LogP contribution in [-0.2, 0) is 9.53 Å². The van der Waals surface area contributed by atoms with E-state index < -0.39 is 0 Å². The van der Waals surface area contributed by atoms with E-state index >= 15 is 0 Å². The van der Waals surface area contributed by atoms with Crippen LogP contribution in [0.3, 0.4) is 0 Å². The summed E-state index contributed by atoms with van der Waals surface area (Å²) in [7, 11) is 1.59. The number of carbonyl (C=O) groups is 1. The molecule has 0 aromatic carbocycles. The number of ether oxygens (including phenoxy) is 1. The highest BCUT2D eigenvalue weighted by Crippen LogP contribution is 2.02. The number of aliphatic imine (C=N–C) groups is 1. The topological polar surface area (TPSA) is 50.7 Å². The molecule has 0 bridgehead atoms. The molecule has 0 aromatic rings. The van der Waals surface area contributed by atoms with Gasteiger partial charge < -0.3 is 10.1 Å². The molecule has 1 atom stereocenters. The number of nitrogens with zero attached hydrogens (tertiary/aromatic N) is 1. The molecule has 0 saturated carbocycles. The third-order valence-corrected chi connectivity index (χ3v) is 1.34. The number of rotatable bonds is 1. The molecule has 1 aliphatic heterocycles. The predicted octanol–water partition coefficient (Wildman–Crippen LogP) is -0.450. The fourth-order valence-electron chi connectivity index (χ4n) is 0.794. The van der Waals surface area contributed by atoms with E-state index in [1.807, 2.05) is 0 Å². The first kappa shape index (κ1) is 7.05. The molecule has 1 rings (SSSR count). The van der Waals surface area contributed by atoms with Crippen molar-refractivity contribution in [3.8, 4) is 0 Å². The highest BCUT2D eigenvalue weighted by Gasteiger charge is 2.22. The molecule has 1 aliphatic rings. The Morgan fingerprint density at radius 1 is 1.90 bits per heavy atom. The first-order chi connectivity index (χ1) is 4.74. The van der Waals surface area contributed by atoms with Gasteiger partial charge >= 0.3 is 0 Å². The van der Waals surface area contributed by atoms with E-state index in [9.17, 15) is 4.79 Å². The van der Waals surface area contributed by atoms with E-state index in [2.05, 4.69) is 10.3 Å². The Morgan fingerprint density at radius 3 is 3.00 bits per heavy atom. The Hall–Kier alpha value is -1.06. The second-order valence-electron chi connectivity index (χ2n) is 2.09. The Kier molecular flexibility index (Phi) is 1.89. The zero-order chi connectivity index (χ0) is 7.56. The Balaban J connectivity index is 2.52. The molecule has 10 heavy (non-hydrogen) atoms. The van der Waals surface area contributed by atoms with Crippen LogP contribution in [0.2, 0.25) is 0 Å². The van der Waals surface area contributed by atoms with Crippen molar-refractivity contribution in [2.75, 3.05) is 13.7 Å². The van der Waals surface area contributed by atoms with Gasteiger partial charge in [-0.1, -0.05) is 0 Å². The second kappa shape index (κ2) is 2.68. The minimum atomic E-state index is -0.329. The summed E-state index contributed by atoms with van der Waals surface area (Å²) < 4.78 is 4.98. The van der Waals surface area contributed by atoms with Crippen molar-refractivity contribution in [3.63, 3.8) is 0 Å². The molecule has 56 valence electrons. The van der Waals surface area contributed by atoms with Crippen LogP contribution in [0.4, 0.5) is 0 Å². The average Bonchev–Trinajstić information content (AvgIpc) is 2.34. The van der Waals surface area contributed by atoms with E-state index in [1.54, 1.807) is 14.0 Å². The van der Waals surface area contributed by atoms with Gasteiger partial charge in [-0.3, -0.25) is 4.79 Å². The van der Waals surface area contributed by atoms with Gasteiger partial charge in [0.2, 0.25) is 5.91 Å². The monoisotopic (exact) mass is 142 g/mol. The highest BCUT2D eigenvalue weighted by molar-refractivity contribution is 5.87. The zero-order valence-electron chi connectivity index (χ0n) is 6.05. The minimum absolute atomic E-state index is 0.0862. The van der Waals surface area contributed by atoms with Crippen LogP contribution in [0.15, 0.2) is 4.99 Å². The SMILES string of the molecule is CNC(=O)C1COC(C)=N1. The summed E-state index contributed by atoms with van der Waals surface area (Å²) in [5.41, 5.74) is 0. The van der Waals surface area contributed by atoms with Gasteiger partial charge in [-0.15, -0.1) is 0 Å². The third-order valence-electron chi connectivity index (χ3n) is 1.34. The third kappa shape index (κ3) is 1.26. The molecule has 0 aromatic heterocycles. The van der Waals surface area contributed by atoms with Gasteiger partial charge in [-0.25, -0.2) is 4.99 Å². The molecule has 0 fully saturated rings. The predicted molar refractivity (Wildman–Crippen MR) is 36.9 cm³/mol. The van der Waals surface area contributed by atoms with Crippen LogP contribution >= 0.6 is 0 Å². The summed E-state index contributed by atoms with van der Waals surface area (Å²) >= 11 is 0. The quantitative estimate of drug-likeness (QED) is 0.539.